The molecule has 4 heterocycles. The Hall–Kier alpha value is -3.59. The van der Waals surface area contributed by atoms with Crippen LogP contribution in [0.3, 0.4) is 0 Å². The third-order valence-corrected chi connectivity index (χ3v) is 10.4. The summed E-state index contributed by atoms with van der Waals surface area (Å²) >= 11 is 13.8. The van der Waals surface area contributed by atoms with Gasteiger partial charge in [-0.2, -0.15) is 0 Å². The van der Waals surface area contributed by atoms with Crippen LogP contribution in [0.2, 0.25) is 10.0 Å². The number of amides is 1. The second-order valence-corrected chi connectivity index (χ2v) is 14.0. The van der Waals surface area contributed by atoms with Crippen molar-refractivity contribution in [2.24, 2.45) is 0 Å². The fraction of sp³-hybridized carbons (Fsp3) is 0.359. The average molecular weight is 685 g/mol. The number of aromatic nitrogens is 2. The van der Waals surface area contributed by atoms with Crippen LogP contribution >= 0.6 is 23.2 Å². The Morgan fingerprint density at radius 1 is 1.00 bits per heavy atom. The van der Waals surface area contributed by atoms with Gasteiger partial charge in [-0.05, 0) is 110 Å². The Balaban J connectivity index is 1.16. The first-order chi connectivity index (χ1) is 23.2. The number of nitrogens with one attached hydrogen (secondary N) is 1. The molecule has 0 spiro atoms. The summed E-state index contributed by atoms with van der Waals surface area (Å²) in [4.78, 5) is 26.9. The van der Waals surface area contributed by atoms with Gasteiger partial charge in [0.15, 0.2) is 0 Å². The molecule has 6 rings (SSSR count). The maximum atomic E-state index is 13.2. The number of β-amino-alcohol motifs (C(OH)–C–C–N with tert-alkyl or cyclic N) is 1. The minimum atomic E-state index is -0.286. The molecule has 2 fully saturated rings. The molecule has 48 heavy (non-hydrogen) atoms. The lowest BCUT2D eigenvalue weighted by molar-refractivity contribution is 0.102. The Kier molecular flexibility index (Phi) is 10.9. The minimum Gasteiger partial charge on any atom is -0.392 e. The molecule has 2 aromatic carbocycles. The number of carbonyl (C=O) groups is 1. The standard InChI is InChI=1S/C39H43Cl2N5O2/c1-25-19-29(34(40)20-30(25)23-46-17-5-4-7-26(46)2)11-13-36-38(41)33(14-16-42-36)32-8-6-9-35(27(32)3)44-39(48)37-12-10-28(21-43-37)22-45-18-15-31(47)24-45/h6,8-14,16,19-21,26,31,47H,4-5,7,15,17-18,22-24H2,1-3H3,(H,44,48)/b13-11+/t26-,31-/m1/s1. The molecule has 2 aliphatic rings. The van der Waals surface area contributed by atoms with Crippen molar-refractivity contribution in [1.82, 2.24) is 19.8 Å². The lowest BCUT2D eigenvalue weighted by atomic mass is 9.98. The Bertz CT molecular complexity index is 1810. The average Bonchev–Trinajstić information content (AvgIpc) is 3.49. The molecule has 2 atom stereocenters. The lowest BCUT2D eigenvalue weighted by Gasteiger charge is -2.33. The molecule has 0 saturated carbocycles. The largest absolute Gasteiger partial charge is 0.392 e. The summed E-state index contributed by atoms with van der Waals surface area (Å²) < 4.78 is 0. The summed E-state index contributed by atoms with van der Waals surface area (Å²) in [5.74, 6) is -0.286. The second-order valence-electron chi connectivity index (χ2n) is 13.2. The molecule has 9 heteroatoms. The Morgan fingerprint density at radius 3 is 2.60 bits per heavy atom. The number of nitrogens with zero attached hydrogens (tertiary/aromatic N) is 4. The van der Waals surface area contributed by atoms with Gasteiger partial charge >= 0.3 is 0 Å². The van der Waals surface area contributed by atoms with Crippen molar-refractivity contribution in [3.63, 3.8) is 0 Å². The number of carbonyl (C=O) groups excluding carboxylic acids is 1. The molecular formula is C39H43Cl2N5O2. The van der Waals surface area contributed by atoms with E-state index in [1.165, 1.54) is 30.4 Å². The number of anilines is 1. The van der Waals surface area contributed by atoms with Crippen LogP contribution in [0, 0.1) is 13.8 Å². The van der Waals surface area contributed by atoms with Crippen LogP contribution in [0.5, 0.6) is 0 Å². The van der Waals surface area contributed by atoms with E-state index in [9.17, 15) is 9.90 Å². The van der Waals surface area contributed by atoms with Gasteiger partial charge in [-0.25, -0.2) is 0 Å². The maximum Gasteiger partial charge on any atom is 0.274 e. The van der Waals surface area contributed by atoms with Crippen molar-refractivity contribution in [2.75, 3.05) is 25.0 Å². The highest BCUT2D eigenvalue weighted by Crippen LogP contribution is 2.36. The second kappa shape index (κ2) is 15.3. The van der Waals surface area contributed by atoms with Crippen LogP contribution in [-0.2, 0) is 13.1 Å². The van der Waals surface area contributed by atoms with E-state index in [1.54, 1.807) is 18.5 Å². The number of halogens is 2. The van der Waals surface area contributed by atoms with Crippen molar-refractivity contribution in [2.45, 2.75) is 71.7 Å². The molecular weight excluding hydrogens is 641 g/mol. The maximum absolute atomic E-state index is 13.2. The van der Waals surface area contributed by atoms with Gasteiger partial charge in [-0.1, -0.05) is 60.0 Å². The molecule has 2 aromatic heterocycles. The third-order valence-electron chi connectivity index (χ3n) is 9.69. The quantitative estimate of drug-likeness (QED) is 0.184. The summed E-state index contributed by atoms with van der Waals surface area (Å²) in [6.45, 7) is 10.7. The monoisotopic (exact) mass is 683 g/mol. The van der Waals surface area contributed by atoms with Gasteiger partial charge < -0.3 is 10.4 Å². The number of aliphatic hydroxyl groups is 1. The molecule has 2 N–H and O–H groups in total. The number of hydrogen-bond acceptors (Lipinski definition) is 6. The first kappa shape index (κ1) is 34.3. The van der Waals surface area contributed by atoms with E-state index in [2.05, 4.69) is 51.1 Å². The van der Waals surface area contributed by atoms with Crippen LogP contribution in [0.4, 0.5) is 5.69 Å². The highest BCUT2D eigenvalue weighted by molar-refractivity contribution is 6.35. The minimum absolute atomic E-state index is 0.267. The highest BCUT2D eigenvalue weighted by Gasteiger charge is 2.21. The number of benzene rings is 2. The van der Waals surface area contributed by atoms with Crippen LogP contribution < -0.4 is 5.32 Å². The summed E-state index contributed by atoms with van der Waals surface area (Å²) in [6, 6.07) is 16.1. The van der Waals surface area contributed by atoms with Crippen molar-refractivity contribution in [3.8, 4) is 11.1 Å². The summed E-state index contributed by atoms with van der Waals surface area (Å²) in [5.41, 5.74) is 8.66. The molecule has 7 nitrogen and oxygen atoms in total. The first-order valence-electron chi connectivity index (χ1n) is 16.8. The fourth-order valence-corrected chi connectivity index (χ4v) is 7.25. The Morgan fingerprint density at radius 2 is 1.85 bits per heavy atom. The molecule has 0 aliphatic carbocycles. The van der Waals surface area contributed by atoms with Crippen LogP contribution in [0.25, 0.3) is 23.3 Å². The van der Waals surface area contributed by atoms with Gasteiger partial charge in [0, 0.05) is 60.9 Å². The molecule has 0 unspecified atom stereocenters. The van der Waals surface area contributed by atoms with E-state index >= 15 is 0 Å². The van der Waals surface area contributed by atoms with E-state index in [0.29, 0.717) is 46.3 Å². The van der Waals surface area contributed by atoms with Crippen molar-refractivity contribution >= 4 is 46.9 Å². The fourth-order valence-electron chi connectivity index (χ4n) is 6.72. The van der Waals surface area contributed by atoms with Crippen molar-refractivity contribution in [1.29, 1.82) is 0 Å². The van der Waals surface area contributed by atoms with Gasteiger partial charge in [-0.15, -0.1) is 0 Å². The van der Waals surface area contributed by atoms with E-state index in [4.69, 9.17) is 23.2 Å². The third kappa shape index (κ3) is 7.99. The molecule has 1 amide bonds. The van der Waals surface area contributed by atoms with Gasteiger partial charge in [-0.3, -0.25) is 24.6 Å². The molecule has 2 aliphatic heterocycles. The Labute approximate surface area is 293 Å². The van der Waals surface area contributed by atoms with Gasteiger partial charge in [0.05, 0.1) is 16.8 Å². The zero-order valence-corrected chi connectivity index (χ0v) is 29.4. The summed E-state index contributed by atoms with van der Waals surface area (Å²) in [5, 5.41) is 14.0. The molecule has 250 valence electrons. The summed E-state index contributed by atoms with van der Waals surface area (Å²) in [6.07, 6.45) is 11.7. The van der Waals surface area contributed by atoms with Gasteiger partial charge in [0.25, 0.3) is 5.91 Å². The zero-order chi connectivity index (χ0) is 33.8. The van der Waals surface area contributed by atoms with E-state index < -0.39 is 0 Å². The number of aliphatic hydroxyl groups excluding tert-OH is 1. The van der Waals surface area contributed by atoms with Crippen molar-refractivity contribution in [3.05, 3.63) is 110 Å². The number of pyridine rings is 2. The van der Waals surface area contributed by atoms with Crippen molar-refractivity contribution < 1.29 is 9.90 Å². The van der Waals surface area contributed by atoms with Gasteiger partial charge in [0.2, 0.25) is 0 Å². The van der Waals surface area contributed by atoms with Gasteiger partial charge in [0.1, 0.15) is 5.69 Å². The van der Waals surface area contributed by atoms with E-state index in [0.717, 1.165) is 53.9 Å². The van der Waals surface area contributed by atoms with Crippen LogP contribution in [0.15, 0.2) is 60.9 Å². The predicted molar refractivity (Wildman–Crippen MR) is 196 cm³/mol. The summed E-state index contributed by atoms with van der Waals surface area (Å²) in [7, 11) is 0. The normalized spacial score (nSPS) is 18.9. The van der Waals surface area contributed by atoms with Crippen LogP contribution in [0.1, 0.15) is 76.6 Å². The number of rotatable bonds is 9. The van der Waals surface area contributed by atoms with E-state index in [1.807, 2.05) is 49.4 Å². The van der Waals surface area contributed by atoms with Crippen LogP contribution in [-0.4, -0.2) is 62.6 Å². The number of aryl methyl sites for hydroxylation is 1. The smallest absolute Gasteiger partial charge is 0.274 e. The number of likely N-dealkylation sites (tertiary alicyclic amines) is 2. The highest BCUT2D eigenvalue weighted by atomic mass is 35.5. The number of hydrogen-bond donors (Lipinski definition) is 2. The topological polar surface area (TPSA) is 81.6 Å². The molecule has 0 radical (unpaired) electrons. The first-order valence-corrected chi connectivity index (χ1v) is 17.5. The van der Waals surface area contributed by atoms with E-state index in [-0.39, 0.29) is 12.0 Å². The molecule has 2 saturated heterocycles. The molecule has 0 bridgehead atoms. The SMILES string of the molecule is Cc1cc(/C=C/c2nccc(-c3cccc(NC(=O)c4ccc(CN5CC[C@@H](O)C5)cn4)c3C)c2Cl)c(Cl)cc1CN1CCCC[C@H]1C. The zero-order valence-electron chi connectivity index (χ0n) is 27.8. The predicted octanol–water partition coefficient (Wildman–Crippen LogP) is 8.43. The molecule has 4 aromatic rings. The lowest BCUT2D eigenvalue weighted by Crippen LogP contribution is -2.36. The number of piperidine rings is 1.